The van der Waals surface area contributed by atoms with Crippen molar-refractivity contribution in [2.24, 2.45) is 5.73 Å². The molecule has 1 saturated carbocycles. The summed E-state index contributed by atoms with van der Waals surface area (Å²) in [6.45, 7) is 1.93. The van der Waals surface area contributed by atoms with Gasteiger partial charge in [-0.25, -0.2) is 0 Å². The minimum absolute atomic E-state index is 0.0953. The van der Waals surface area contributed by atoms with Crippen LogP contribution in [0.5, 0.6) is 0 Å². The van der Waals surface area contributed by atoms with E-state index in [9.17, 15) is 4.79 Å². The highest BCUT2D eigenvalue weighted by Crippen LogP contribution is 2.28. The monoisotopic (exact) mass is 266 g/mol. The predicted molar refractivity (Wildman–Crippen MR) is 74.8 cm³/mol. The van der Waals surface area contributed by atoms with E-state index in [-0.39, 0.29) is 5.91 Å². The largest absolute Gasteiger partial charge is 0.324 e. The fourth-order valence-corrected chi connectivity index (χ4v) is 2.52. The zero-order chi connectivity index (χ0) is 13.2. The molecule has 1 amide bonds. The molecule has 0 heterocycles. The van der Waals surface area contributed by atoms with Gasteiger partial charge in [0.2, 0.25) is 5.91 Å². The highest BCUT2D eigenvalue weighted by Gasteiger charge is 2.35. The summed E-state index contributed by atoms with van der Waals surface area (Å²) in [7, 11) is 0. The van der Waals surface area contributed by atoms with Gasteiger partial charge in [-0.1, -0.05) is 36.9 Å². The molecule has 3 N–H and O–H groups in total. The maximum atomic E-state index is 12.2. The van der Waals surface area contributed by atoms with Crippen molar-refractivity contribution in [2.45, 2.75) is 44.6 Å². The molecule has 0 radical (unpaired) electrons. The average Bonchev–Trinajstić information content (AvgIpc) is 2.35. The van der Waals surface area contributed by atoms with Gasteiger partial charge in [0, 0.05) is 10.7 Å². The van der Waals surface area contributed by atoms with Crippen molar-refractivity contribution < 1.29 is 4.79 Å². The van der Waals surface area contributed by atoms with Gasteiger partial charge in [0.05, 0.1) is 5.54 Å². The first-order chi connectivity index (χ1) is 8.51. The number of benzene rings is 1. The van der Waals surface area contributed by atoms with Gasteiger partial charge in [-0.05, 0) is 37.5 Å². The Bertz CT molecular complexity index is 453. The molecular weight excluding hydrogens is 248 g/mol. The number of amides is 1. The van der Waals surface area contributed by atoms with E-state index >= 15 is 0 Å². The Morgan fingerprint density at radius 2 is 2.00 bits per heavy atom. The first-order valence-corrected chi connectivity index (χ1v) is 6.75. The summed E-state index contributed by atoms with van der Waals surface area (Å²) in [5, 5.41) is 3.53. The summed E-state index contributed by atoms with van der Waals surface area (Å²) in [6, 6.07) is 5.51. The fourth-order valence-electron chi connectivity index (χ4n) is 2.34. The Hall–Kier alpha value is -1.06. The first-order valence-electron chi connectivity index (χ1n) is 6.38. The maximum absolute atomic E-state index is 12.2. The standard InChI is InChI=1S/C14H19ClN2O/c1-10-5-6-11(9-12(10)15)17-13(18)14(16)7-3-2-4-8-14/h5-6,9H,2-4,7-8,16H2,1H3,(H,17,18). The van der Waals surface area contributed by atoms with Gasteiger partial charge in [-0.15, -0.1) is 0 Å². The van der Waals surface area contributed by atoms with Gasteiger partial charge in [0.15, 0.2) is 0 Å². The van der Waals surface area contributed by atoms with Crippen LogP contribution in [0, 0.1) is 6.92 Å². The van der Waals surface area contributed by atoms with Crippen LogP contribution >= 0.6 is 11.6 Å². The quantitative estimate of drug-likeness (QED) is 0.863. The molecule has 0 bridgehead atoms. The van der Waals surface area contributed by atoms with E-state index in [1.165, 1.54) is 6.42 Å². The molecular formula is C14H19ClN2O. The van der Waals surface area contributed by atoms with E-state index in [2.05, 4.69) is 5.32 Å². The number of hydrogen-bond acceptors (Lipinski definition) is 2. The van der Waals surface area contributed by atoms with E-state index in [1.807, 2.05) is 19.1 Å². The molecule has 1 aromatic carbocycles. The van der Waals surface area contributed by atoms with Crippen LogP contribution in [-0.4, -0.2) is 11.4 Å². The molecule has 1 aromatic rings. The Morgan fingerprint density at radius 1 is 1.33 bits per heavy atom. The molecule has 4 heteroatoms. The van der Waals surface area contributed by atoms with Crippen LogP contribution in [0.25, 0.3) is 0 Å². The van der Waals surface area contributed by atoms with E-state index in [0.717, 1.165) is 31.2 Å². The molecule has 3 nitrogen and oxygen atoms in total. The Balaban J connectivity index is 2.08. The number of carbonyl (C=O) groups is 1. The molecule has 0 atom stereocenters. The van der Waals surface area contributed by atoms with Crippen LogP contribution in [0.2, 0.25) is 5.02 Å². The lowest BCUT2D eigenvalue weighted by Crippen LogP contribution is -2.52. The highest BCUT2D eigenvalue weighted by atomic mass is 35.5. The van der Waals surface area contributed by atoms with E-state index in [0.29, 0.717) is 10.7 Å². The molecule has 1 aliphatic carbocycles. The summed E-state index contributed by atoms with van der Waals surface area (Å²) in [4.78, 5) is 12.2. The molecule has 18 heavy (non-hydrogen) atoms. The number of halogens is 1. The second-order valence-corrected chi connectivity index (χ2v) is 5.54. The Morgan fingerprint density at radius 3 is 2.61 bits per heavy atom. The molecule has 1 aliphatic rings. The summed E-state index contributed by atoms with van der Waals surface area (Å²) < 4.78 is 0. The van der Waals surface area contributed by atoms with Gasteiger partial charge in [0.1, 0.15) is 0 Å². The number of rotatable bonds is 2. The molecule has 1 fully saturated rings. The summed E-state index contributed by atoms with van der Waals surface area (Å²) >= 11 is 6.04. The van der Waals surface area contributed by atoms with Crippen molar-refractivity contribution in [3.63, 3.8) is 0 Å². The normalized spacial score (nSPS) is 18.4. The SMILES string of the molecule is Cc1ccc(NC(=O)C2(N)CCCCC2)cc1Cl. The second-order valence-electron chi connectivity index (χ2n) is 5.13. The van der Waals surface area contributed by atoms with Crippen LogP contribution in [0.1, 0.15) is 37.7 Å². The number of anilines is 1. The summed E-state index contributed by atoms with van der Waals surface area (Å²) in [5.74, 6) is -0.0953. The third-order valence-corrected chi connectivity index (χ3v) is 4.03. The van der Waals surface area contributed by atoms with Crippen molar-refractivity contribution in [1.82, 2.24) is 0 Å². The third kappa shape index (κ3) is 2.85. The van der Waals surface area contributed by atoms with E-state index < -0.39 is 5.54 Å². The minimum atomic E-state index is -0.713. The molecule has 98 valence electrons. The van der Waals surface area contributed by atoms with Gasteiger partial charge in [0.25, 0.3) is 0 Å². The summed E-state index contributed by atoms with van der Waals surface area (Å²) in [6.07, 6.45) is 4.75. The predicted octanol–water partition coefficient (Wildman–Crippen LogP) is 3.25. The zero-order valence-corrected chi connectivity index (χ0v) is 11.4. The van der Waals surface area contributed by atoms with Crippen molar-refractivity contribution in [3.05, 3.63) is 28.8 Å². The smallest absolute Gasteiger partial charge is 0.244 e. The minimum Gasteiger partial charge on any atom is -0.324 e. The van der Waals surface area contributed by atoms with Crippen molar-refractivity contribution in [2.75, 3.05) is 5.32 Å². The topological polar surface area (TPSA) is 55.1 Å². The van der Waals surface area contributed by atoms with Crippen molar-refractivity contribution in [1.29, 1.82) is 0 Å². The van der Waals surface area contributed by atoms with Crippen LogP contribution in [-0.2, 0) is 4.79 Å². The Labute approximate surface area is 113 Å². The van der Waals surface area contributed by atoms with Crippen LogP contribution in [0.4, 0.5) is 5.69 Å². The molecule has 2 rings (SSSR count). The van der Waals surface area contributed by atoms with E-state index in [4.69, 9.17) is 17.3 Å². The number of nitrogens with two attached hydrogens (primary N) is 1. The number of aryl methyl sites for hydroxylation is 1. The lowest BCUT2D eigenvalue weighted by Gasteiger charge is -2.31. The maximum Gasteiger partial charge on any atom is 0.244 e. The van der Waals surface area contributed by atoms with Gasteiger partial charge in [-0.2, -0.15) is 0 Å². The van der Waals surface area contributed by atoms with Crippen molar-refractivity contribution in [3.8, 4) is 0 Å². The lowest BCUT2D eigenvalue weighted by atomic mass is 9.82. The molecule has 0 spiro atoms. The van der Waals surface area contributed by atoms with E-state index in [1.54, 1.807) is 6.07 Å². The number of hydrogen-bond donors (Lipinski definition) is 2. The fraction of sp³-hybridized carbons (Fsp3) is 0.500. The highest BCUT2D eigenvalue weighted by molar-refractivity contribution is 6.31. The molecule has 0 unspecified atom stereocenters. The lowest BCUT2D eigenvalue weighted by molar-refractivity contribution is -0.122. The van der Waals surface area contributed by atoms with Crippen molar-refractivity contribution >= 4 is 23.2 Å². The average molecular weight is 267 g/mol. The van der Waals surface area contributed by atoms with Gasteiger partial charge >= 0.3 is 0 Å². The Kier molecular flexibility index (Phi) is 3.93. The van der Waals surface area contributed by atoms with Crippen LogP contribution in [0.3, 0.4) is 0 Å². The second kappa shape index (κ2) is 5.29. The van der Waals surface area contributed by atoms with Gasteiger partial charge < -0.3 is 11.1 Å². The first kappa shape index (κ1) is 13.4. The molecule has 0 aromatic heterocycles. The molecule has 0 saturated heterocycles. The number of nitrogens with one attached hydrogen (secondary N) is 1. The number of carbonyl (C=O) groups excluding carboxylic acids is 1. The van der Waals surface area contributed by atoms with Crippen LogP contribution < -0.4 is 11.1 Å². The third-order valence-electron chi connectivity index (χ3n) is 3.63. The summed E-state index contributed by atoms with van der Waals surface area (Å²) in [5.41, 5.74) is 7.17. The zero-order valence-electron chi connectivity index (χ0n) is 10.6. The van der Waals surface area contributed by atoms with Crippen LogP contribution in [0.15, 0.2) is 18.2 Å². The van der Waals surface area contributed by atoms with Gasteiger partial charge in [-0.3, -0.25) is 4.79 Å². The molecule has 0 aliphatic heterocycles.